The van der Waals surface area contributed by atoms with Crippen molar-refractivity contribution in [2.45, 2.75) is 6.18 Å². The second-order valence-electron chi connectivity index (χ2n) is 6.12. The lowest BCUT2D eigenvalue weighted by atomic mass is 9.96. The standard InChI is InChI=1S/C18H13F3N6O3S/c1-30-9-4-6(26-17(29)18(19,20)21)2-3-7(9)10-8(5-22)14(24)27-16-11(10)12(23)13(31-16)15(25)28/h2-4H,23H2,1H3,(H2,24,27)(H2,25,28)(H,26,29). The summed E-state index contributed by atoms with van der Waals surface area (Å²) in [6.45, 7) is 0. The molecular weight excluding hydrogens is 437 g/mol. The molecule has 31 heavy (non-hydrogen) atoms. The quantitative estimate of drug-likeness (QED) is 0.473. The maximum absolute atomic E-state index is 12.5. The number of carbonyl (C=O) groups is 2. The van der Waals surface area contributed by atoms with Crippen molar-refractivity contribution in [1.82, 2.24) is 4.98 Å². The molecule has 9 nitrogen and oxygen atoms in total. The molecule has 0 saturated heterocycles. The molecule has 7 N–H and O–H groups in total. The maximum atomic E-state index is 12.5. The van der Waals surface area contributed by atoms with Crippen LogP contribution >= 0.6 is 11.3 Å². The summed E-state index contributed by atoms with van der Waals surface area (Å²) in [7, 11) is 1.24. The summed E-state index contributed by atoms with van der Waals surface area (Å²) in [6.07, 6.45) is -5.08. The topological polar surface area (TPSA) is 170 Å². The lowest BCUT2D eigenvalue weighted by molar-refractivity contribution is -0.167. The molecular formula is C18H13F3N6O3S. The summed E-state index contributed by atoms with van der Waals surface area (Å²) in [5, 5.41) is 11.6. The van der Waals surface area contributed by atoms with Crippen molar-refractivity contribution in [1.29, 1.82) is 5.26 Å². The number of primary amides is 1. The minimum absolute atomic E-state index is 0.00580. The number of rotatable bonds is 4. The predicted octanol–water partition coefficient (Wildman–Crippen LogP) is 2.61. The zero-order valence-corrected chi connectivity index (χ0v) is 16.4. The molecule has 1 aromatic carbocycles. The summed E-state index contributed by atoms with van der Waals surface area (Å²) in [5.41, 5.74) is 17.4. The molecule has 0 fully saturated rings. The molecule has 2 heterocycles. The van der Waals surface area contributed by atoms with E-state index in [0.717, 1.165) is 17.4 Å². The average Bonchev–Trinajstić information content (AvgIpc) is 3.02. The summed E-state index contributed by atoms with van der Waals surface area (Å²) >= 11 is 0.879. The van der Waals surface area contributed by atoms with E-state index in [9.17, 15) is 28.0 Å². The van der Waals surface area contributed by atoms with Crippen LogP contribution in [-0.2, 0) is 4.79 Å². The average molecular weight is 450 g/mol. The number of amides is 2. The van der Waals surface area contributed by atoms with Gasteiger partial charge in [0.1, 0.15) is 32.9 Å². The van der Waals surface area contributed by atoms with E-state index >= 15 is 0 Å². The molecule has 0 saturated carbocycles. The fourth-order valence-corrected chi connectivity index (χ4v) is 3.88. The molecule has 0 atom stereocenters. The Bertz CT molecular complexity index is 1280. The van der Waals surface area contributed by atoms with E-state index in [-0.39, 0.29) is 54.7 Å². The Labute approximate surface area is 176 Å². The molecule has 0 unspecified atom stereocenters. The highest BCUT2D eigenvalue weighted by Gasteiger charge is 2.38. The van der Waals surface area contributed by atoms with Gasteiger partial charge in [-0.2, -0.15) is 18.4 Å². The van der Waals surface area contributed by atoms with Crippen LogP contribution < -0.4 is 27.3 Å². The van der Waals surface area contributed by atoms with Crippen LogP contribution in [0.25, 0.3) is 21.3 Å². The van der Waals surface area contributed by atoms with Crippen LogP contribution in [0.3, 0.4) is 0 Å². The molecule has 2 aromatic heterocycles. The van der Waals surface area contributed by atoms with Gasteiger partial charge >= 0.3 is 12.1 Å². The highest BCUT2D eigenvalue weighted by atomic mass is 32.1. The van der Waals surface area contributed by atoms with Crippen LogP contribution in [0.15, 0.2) is 18.2 Å². The predicted molar refractivity (Wildman–Crippen MR) is 108 cm³/mol. The second-order valence-corrected chi connectivity index (χ2v) is 7.11. The third kappa shape index (κ3) is 3.76. The van der Waals surface area contributed by atoms with Gasteiger partial charge in [0.2, 0.25) is 0 Å². The third-order valence-corrected chi connectivity index (χ3v) is 5.34. The van der Waals surface area contributed by atoms with E-state index in [2.05, 4.69) is 4.98 Å². The molecule has 13 heteroatoms. The van der Waals surface area contributed by atoms with Crippen molar-refractivity contribution in [2.75, 3.05) is 23.9 Å². The highest BCUT2D eigenvalue weighted by molar-refractivity contribution is 7.21. The van der Waals surface area contributed by atoms with E-state index in [1.54, 1.807) is 5.32 Å². The molecule has 0 aliphatic rings. The first-order chi connectivity index (χ1) is 14.5. The van der Waals surface area contributed by atoms with Crippen molar-refractivity contribution in [3.05, 3.63) is 28.6 Å². The zero-order chi connectivity index (χ0) is 23.1. The van der Waals surface area contributed by atoms with Crippen LogP contribution in [-0.4, -0.2) is 30.1 Å². The molecule has 0 bridgehead atoms. The van der Waals surface area contributed by atoms with Gasteiger partial charge in [0, 0.05) is 28.3 Å². The zero-order valence-electron chi connectivity index (χ0n) is 15.6. The first kappa shape index (κ1) is 21.7. The number of anilines is 3. The number of fused-ring (bicyclic) bond motifs is 1. The number of benzene rings is 1. The number of halogens is 3. The number of nitriles is 1. The molecule has 0 aliphatic heterocycles. The van der Waals surface area contributed by atoms with Gasteiger partial charge < -0.3 is 27.3 Å². The first-order valence-corrected chi connectivity index (χ1v) is 9.09. The van der Waals surface area contributed by atoms with Crippen LogP contribution in [0, 0.1) is 11.3 Å². The number of thiophene rings is 1. The molecule has 160 valence electrons. The summed E-state index contributed by atoms with van der Waals surface area (Å²) < 4.78 is 42.9. The summed E-state index contributed by atoms with van der Waals surface area (Å²) in [4.78, 5) is 27.3. The number of hydrogen-bond acceptors (Lipinski definition) is 8. The van der Waals surface area contributed by atoms with E-state index in [0.29, 0.717) is 0 Å². The summed E-state index contributed by atoms with van der Waals surface area (Å²) in [5.74, 6) is -3.11. The van der Waals surface area contributed by atoms with Crippen LogP contribution in [0.2, 0.25) is 0 Å². The van der Waals surface area contributed by atoms with E-state index in [1.807, 2.05) is 6.07 Å². The Morgan fingerprint density at radius 3 is 2.52 bits per heavy atom. The number of nitrogen functional groups attached to an aromatic ring is 2. The number of carbonyl (C=O) groups excluding carboxylic acids is 2. The van der Waals surface area contributed by atoms with E-state index in [4.69, 9.17) is 21.9 Å². The molecule has 0 spiro atoms. The second kappa shape index (κ2) is 7.65. The SMILES string of the molecule is COc1cc(NC(=O)C(F)(F)F)ccc1-c1c(C#N)c(N)nc2sc(C(N)=O)c(N)c12. The Kier molecular flexibility index (Phi) is 5.34. The van der Waals surface area contributed by atoms with Crippen molar-refractivity contribution in [3.63, 3.8) is 0 Å². The van der Waals surface area contributed by atoms with Gasteiger partial charge in [0.05, 0.1) is 12.8 Å². The number of alkyl halides is 3. The highest BCUT2D eigenvalue weighted by Crippen LogP contribution is 2.45. The van der Waals surface area contributed by atoms with Crippen LogP contribution in [0.5, 0.6) is 5.75 Å². The van der Waals surface area contributed by atoms with Gasteiger partial charge in [-0.3, -0.25) is 9.59 Å². The maximum Gasteiger partial charge on any atom is 0.471 e. The van der Waals surface area contributed by atoms with Crippen molar-refractivity contribution in [2.24, 2.45) is 5.73 Å². The van der Waals surface area contributed by atoms with Crippen molar-refractivity contribution in [3.8, 4) is 22.9 Å². The van der Waals surface area contributed by atoms with Gasteiger partial charge in [0.25, 0.3) is 5.91 Å². The third-order valence-electron chi connectivity index (χ3n) is 4.23. The van der Waals surface area contributed by atoms with Crippen LogP contribution in [0.1, 0.15) is 15.2 Å². The molecule has 2 amide bonds. The van der Waals surface area contributed by atoms with E-state index in [1.165, 1.54) is 19.2 Å². The van der Waals surface area contributed by atoms with Crippen molar-refractivity contribution < 1.29 is 27.5 Å². The minimum atomic E-state index is -5.08. The number of pyridine rings is 1. The Morgan fingerprint density at radius 1 is 1.29 bits per heavy atom. The van der Waals surface area contributed by atoms with Crippen LogP contribution in [0.4, 0.5) is 30.4 Å². The number of hydrogen-bond donors (Lipinski definition) is 4. The number of nitrogens with zero attached hydrogens (tertiary/aromatic N) is 2. The first-order valence-electron chi connectivity index (χ1n) is 8.27. The smallest absolute Gasteiger partial charge is 0.471 e. The van der Waals surface area contributed by atoms with Gasteiger partial charge in [-0.25, -0.2) is 4.98 Å². The normalized spacial score (nSPS) is 11.2. The number of methoxy groups -OCH3 is 1. The minimum Gasteiger partial charge on any atom is -0.496 e. The molecule has 3 rings (SSSR count). The number of nitrogens with one attached hydrogen (secondary N) is 1. The monoisotopic (exact) mass is 450 g/mol. The van der Waals surface area contributed by atoms with Gasteiger partial charge in [-0.1, -0.05) is 0 Å². The fraction of sp³-hybridized carbons (Fsp3) is 0.111. The number of aromatic nitrogens is 1. The van der Waals surface area contributed by atoms with Crippen molar-refractivity contribution >= 4 is 50.6 Å². The Morgan fingerprint density at radius 2 is 1.97 bits per heavy atom. The molecule has 3 aromatic rings. The van der Waals surface area contributed by atoms with Gasteiger partial charge in [0.15, 0.2) is 0 Å². The van der Waals surface area contributed by atoms with E-state index < -0.39 is 18.0 Å². The number of nitrogens with two attached hydrogens (primary N) is 3. The lowest BCUT2D eigenvalue weighted by Crippen LogP contribution is -2.29. The summed E-state index contributed by atoms with van der Waals surface area (Å²) in [6, 6.07) is 5.55. The van der Waals surface area contributed by atoms with Gasteiger partial charge in [-0.15, -0.1) is 11.3 Å². The number of ether oxygens (including phenoxy) is 1. The molecule has 0 aliphatic carbocycles. The van der Waals surface area contributed by atoms with Gasteiger partial charge in [-0.05, 0) is 12.1 Å². The Balaban J connectivity index is 2.29. The fourth-order valence-electron chi connectivity index (χ4n) is 2.91. The lowest BCUT2D eigenvalue weighted by Gasteiger charge is -2.15. The molecule has 0 radical (unpaired) electrons. The largest absolute Gasteiger partial charge is 0.496 e. The Hall–Kier alpha value is -4.05.